The number of likely N-dealkylation sites (tertiary alicyclic amines) is 1. The zero-order valence-corrected chi connectivity index (χ0v) is 18.1. The van der Waals surface area contributed by atoms with Gasteiger partial charge in [-0.3, -0.25) is 9.59 Å². The van der Waals surface area contributed by atoms with Crippen molar-refractivity contribution in [3.8, 4) is 5.69 Å². The van der Waals surface area contributed by atoms with Crippen molar-refractivity contribution < 1.29 is 18.4 Å². The number of halogens is 2. The molecule has 8 heteroatoms. The maximum atomic E-state index is 13.8. The SMILES string of the molecule is O=C(NC(CN1CCCC1=O)c1ccccc1)c1nn(-c2ccc(F)c(F)c2)c2c1CCC2. The zero-order chi connectivity index (χ0) is 22.9. The van der Waals surface area contributed by atoms with Crippen LogP contribution in [0.3, 0.4) is 0 Å². The minimum Gasteiger partial charge on any atom is -0.342 e. The molecule has 33 heavy (non-hydrogen) atoms. The number of amides is 2. The number of nitrogens with zero attached hydrogens (tertiary/aromatic N) is 3. The van der Waals surface area contributed by atoms with Crippen molar-refractivity contribution in [3.63, 3.8) is 0 Å². The van der Waals surface area contributed by atoms with E-state index in [1.807, 2.05) is 30.3 Å². The summed E-state index contributed by atoms with van der Waals surface area (Å²) in [6, 6.07) is 12.8. The second-order valence-corrected chi connectivity index (χ2v) is 8.52. The Bertz CT molecular complexity index is 1210. The fourth-order valence-electron chi connectivity index (χ4n) is 4.71. The maximum Gasteiger partial charge on any atom is 0.272 e. The van der Waals surface area contributed by atoms with E-state index in [9.17, 15) is 18.4 Å². The van der Waals surface area contributed by atoms with E-state index < -0.39 is 11.6 Å². The van der Waals surface area contributed by atoms with Gasteiger partial charge in [-0.15, -0.1) is 0 Å². The standard InChI is InChI=1S/C25H24F2N4O2/c26-19-12-11-17(14-20(19)27)31-22-9-4-8-18(22)24(29-31)25(33)28-21(16-6-2-1-3-7-16)15-30-13-5-10-23(30)32/h1-3,6-7,11-12,14,21H,4-5,8-10,13,15H2,(H,28,33). The molecule has 0 bridgehead atoms. The molecule has 1 aliphatic heterocycles. The molecule has 0 spiro atoms. The summed E-state index contributed by atoms with van der Waals surface area (Å²) < 4.78 is 28.8. The number of benzene rings is 2. The molecule has 2 heterocycles. The van der Waals surface area contributed by atoms with Gasteiger partial charge in [0.05, 0.1) is 11.7 Å². The Kier molecular flexibility index (Phi) is 5.66. The number of aromatic nitrogens is 2. The minimum atomic E-state index is -0.958. The predicted octanol–water partition coefficient (Wildman–Crippen LogP) is 3.73. The van der Waals surface area contributed by atoms with Crippen LogP contribution < -0.4 is 5.32 Å². The topological polar surface area (TPSA) is 67.2 Å². The normalized spacial score (nSPS) is 16.2. The number of carbonyl (C=O) groups excluding carboxylic acids is 2. The van der Waals surface area contributed by atoms with Gasteiger partial charge in [-0.25, -0.2) is 13.5 Å². The highest BCUT2D eigenvalue weighted by Gasteiger charge is 2.30. The van der Waals surface area contributed by atoms with Crippen molar-refractivity contribution >= 4 is 11.8 Å². The summed E-state index contributed by atoms with van der Waals surface area (Å²) >= 11 is 0. The molecule has 170 valence electrons. The second-order valence-electron chi connectivity index (χ2n) is 8.52. The van der Waals surface area contributed by atoms with E-state index in [4.69, 9.17) is 0 Å². The Labute approximate surface area is 190 Å². The third kappa shape index (κ3) is 4.13. The molecule has 1 fully saturated rings. The average molecular weight is 450 g/mol. The Morgan fingerprint density at radius 3 is 2.58 bits per heavy atom. The highest BCUT2D eigenvalue weighted by Crippen LogP contribution is 2.29. The molecule has 2 aliphatic rings. The van der Waals surface area contributed by atoms with Gasteiger partial charge < -0.3 is 10.2 Å². The molecule has 1 aromatic heterocycles. The molecule has 1 saturated heterocycles. The summed E-state index contributed by atoms with van der Waals surface area (Å²) in [4.78, 5) is 27.4. The Balaban J connectivity index is 1.45. The lowest BCUT2D eigenvalue weighted by molar-refractivity contribution is -0.128. The van der Waals surface area contributed by atoms with Crippen LogP contribution in [0.5, 0.6) is 0 Å². The molecule has 1 aliphatic carbocycles. The molecular formula is C25H24F2N4O2. The van der Waals surface area contributed by atoms with E-state index in [-0.39, 0.29) is 17.9 Å². The molecule has 2 aromatic carbocycles. The highest BCUT2D eigenvalue weighted by molar-refractivity contribution is 5.94. The van der Waals surface area contributed by atoms with E-state index in [2.05, 4.69) is 10.4 Å². The molecule has 1 N–H and O–H groups in total. The van der Waals surface area contributed by atoms with E-state index in [1.54, 1.807) is 9.58 Å². The van der Waals surface area contributed by atoms with Crippen LogP contribution in [0, 0.1) is 11.6 Å². The van der Waals surface area contributed by atoms with E-state index in [0.29, 0.717) is 43.7 Å². The van der Waals surface area contributed by atoms with Gasteiger partial charge >= 0.3 is 0 Å². The Hall–Kier alpha value is -3.55. The van der Waals surface area contributed by atoms with Crippen LogP contribution in [-0.4, -0.2) is 39.6 Å². The molecule has 6 nitrogen and oxygen atoms in total. The van der Waals surface area contributed by atoms with Crippen molar-refractivity contribution in [1.29, 1.82) is 0 Å². The van der Waals surface area contributed by atoms with Gasteiger partial charge in [0.25, 0.3) is 5.91 Å². The second kappa shape index (κ2) is 8.77. The molecular weight excluding hydrogens is 426 g/mol. The fraction of sp³-hybridized carbons (Fsp3) is 0.320. The first-order valence-electron chi connectivity index (χ1n) is 11.2. The number of carbonyl (C=O) groups is 2. The van der Waals surface area contributed by atoms with Crippen LogP contribution in [0.25, 0.3) is 5.69 Å². The van der Waals surface area contributed by atoms with Gasteiger partial charge in [-0.2, -0.15) is 5.10 Å². The molecule has 3 aromatic rings. The van der Waals surface area contributed by atoms with Gasteiger partial charge in [-0.1, -0.05) is 30.3 Å². The minimum absolute atomic E-state index is 0.0914. The van der Waals surface area contributed by atoms with Crippen molar-refractivity contribution in [2.24, 2.45) is 0 Å². The number of hydrogen-bond acceptors (Lipinski definition) is 3. The largest absolute Gasteiger partial charge is 0.342 e. The van der Waals surface area contributed by atoms with Crippen LogP contribution in [0.4, 0.5) is 8.78 Å². The summed E-state index contributed by atoms with van der Waals surface area (Å²) in [6.45, 7) is 1.07. The lowest BCUT2D eigenvalue weighted by Gasteiger charge is -2.25. The van der Waals surface area contributed by atoms with Crippen LogP contribution in [0.2, 0.25) is 0 Å². The van der Waals surface area contributed by atoms with Gasteiger partial charge in [0.1, 0.15) is 0 Å². The molecule has 5 rings (SSSR count). The van der Waals surface area contributed by atoms with Crippen LogP contribution in [-0.2, 0) is 17.6 Å². The summed E-state index contributed by atoms with van der Waals surface area (Å²) in [5.41, 5.74) is 3.26. The first kappa shape index (κ1) is 21.3. The third-order valence-corrected chi connectivity index (χ3v) is 6.37. The zero-order valence-electron chi connectivity index (χ0n) is 18.1. The predicted molar refractivity (Wildman–Crippen MR) is 118 cm³/mol. The van der Waals surface area contributed by atoms with Crippen molar-refractivity contribution in [2.75, 3.05) is 13.1 Å². The first-order valence-corrected chi connectivity index (χ1v) is 11.2. The summed E-state index contributed by atoms with van der Waals surface area (Å²) in [5, 5.41) is 7.57. The lowest BCUT2D eigenvalue weighted by atomic mass is 10.1. The third-order valence-electron chi connectivity index (χ3n) is 6.37. The van der Waals surface area contributed by atoms with Crippen molar-refractivity contribution in [3.05, 3.63) is 82.7 Å². The lowest BCUT2D eigenvalue weighted by Crippen LogP contribution is -2.39. The number of fused-ring (bicyclic) bond motifs is 1. The smallest absolute Gasteiger partial charge is 0.272 e. The molecule has 1 atom stereocenters. The molecule has 2 amide bonds. The average Bonchev–Trinajstić information content (AvgIpc) is 3.53. The van der Waals surface area contributed by atoms with E-state index in [1.165, 1.54) is 6.07 Å². The molecule has 0 saturated carbocycles. The van der Waals surface area contributed by atoms with E-state index in [0.717, 1.165) is 41.8 Å². The summed E-state index contributed by atoms with van der Waals surface area (Å²) in [7, 11) is 0. The molecule has 0 radical (unpaired) electrons. The number of nitrogens with one attached hydrogen (secondary N) is 1. The fourth-order valence-corrected chi connectivity index (χ4v) is 4.71. The Morgan fingerprint density at radius 2 is 1.85 bits per heavy atom. The number of hydrogen-bond donors (Lipinski definition) is 1. The first-order chi connectivity index (χ1) is 16.0. The van der Waals surface area contributed by atoms with Gasteiger partial charge in [0.2, 0.25) is 5.91 Å². The summed E-state index contributed by atoms with van der Waals surface area (Å²) in [6.07, 6.45) is 3.62. The van der Waals surface area contributed by atoms with E-state index >= 15 is 0 Å². The highest BCUT2D eigenvalue weighted by atomic mass is 19.2. The van der Waals surface area contributed by atoms with Gasteiger partial charge in [-0.05, 0) is 43.4 Å². The summed E-state index contributed by atoms with van der Waals surface area (Å²) in [5.74, 6) is -2.13. The quantitative estimate of drug-likeness (QED) is 0.622. The molecule has 1 unspecified atom stereocenters. The van der Waals surface area contributed by atoms with Crippen LogP contribution in [0.15, 0.2) is 48.5 Å². The van der Waals surface area contributed by atoms with Crippen LogP contribution in [0.1, 0.15) is 52.6 Å². The monoisotopic (exact) mass is 450 g/mol. The number of rotatable bonds is 6. The van der Waals surface area contributed by atoms with Crippen molar-refractivity contribution in [1.82, 2.24) is 20.0 Å². The van der Waals surface area contributed by atoms with Crippen molar-refractivity contribution in [2.45, 2.75) is 38.1 Å². The Morgan fingerprint density at radius 1 is 1.03 bits per heavy atom. The van der Waals surface area contributed by atoms with Gasteiger partial charge in [0.15, 0.2) is 17.3 Å². The maximum absolute atomic E-state index is 13.8. The van der Waals surface area contributed by atoms with Crippen LogP contribution >= 0.6 is 0 Å². The van der Waals surface area contributed by atoms with Gasteiger partial charge in [0, 0.05) is 36.8 Å².